The second-order valence-electron chi connectivity index (χ2n) is 7.01. The maximum Gasteiger partial charge on any atom is 0.137 e. The first kappa shape index (κ1) is 16.3. The van der Waals surface area contributed by atoms with Crippen LogP contribution in [0.15, 0.2) is 24.3 Å². The fourth-order valence-corrected chi connectivity index (χ4v) is 4.30. The van der Waals surface area contributed by atoms with Crippen LogP contribution in [0, 0.1) is 17.2 Å². The van der Waals surface area contributed by atoms with Gasteiger partial charge in [-0.1, -0.05) is 6.42 Å². The van der Waals surface area contributed by atoms with Crippen LogP contribution in [0.5, 0.6) is 5.75 Å². The third-order valence-corrected chi connectivity index (χ3v) is 5.43. The number of fused-ring (bicyclic) bond motifs is 1. The Hall–Kier alpha value is -1.57. The van der Waals surface area contributed by atoms with Crippen molar-refractivity contribution in [3.05, 3.63) is 29.8 Å². The quantitative estimate of drug-likeness (QED) is 0.866. The summed E-state index contributed by atoms with van der Waals surface area (Å²) >= 11 is 0. The van der Waals surface area contributed by atoms with Crippen molar-refractivity contribution in [2.75, 3.05) is 19.7 Å². The van der Waals surface area contributed by atoms with Crippen molar-refractivity contribution in [2.24, 2.45) is 5.92 Å². The fraction of sp³-hybridized carbons (Fsp3) is 0.632. The van der Waals surface area contributed by atoms with Crippen LogP contribution in [0.4, 0.5) is 0 Å². The molecular formula is C19H27N2O2+. The highest BCUT2D eigenvalue weighted by Gasteiger charge is 2.37. The molecule has 3 rings (SSSR count). The Bertz CT molecular complexity index is 535. The van der Waals surface area contributed by atoms with Gasteiger partial charge in [0.15, 0.2) is 0 Å². The van der Waals surface area contributed by atoms with E-state index in [2.05, 4.69) is 6.07 Å². The summed E-state index contributed by atoms with van der Waals surface area (Å²) in [5, 5.41) is 19.1. The molecule has 2 fully saturated rings. The molecule has 0 bridgehead atoms. The van der Waals surface area contributed by atoms with Crippen LogP contribution in [0.25, 0.3) is 0 Å². The molecule has 4 nitrogen and oxygen atoms in total. The van der Waals surface area contributed by atoms with E-state index in [1.807, 2.05) is 0 Å². The minimum absolute atomic E-state index is 0.326. The molecule has 1 aliphatic carbocycles. The summed E-state index contributed by atoms with van der Waals surface area (Å²) in [5.41, 5.74) is 0.624. The molecule has 1 unspecified atom stereocenters. The van der Waals surface area contributed by atoms with Crippen molar-refractivity contribution in [1.29, 1.82) is 5.26 Å². The number of quaternary nitrogens is 1. The molecule has 23 heavy (non-hydrogen) atoms. The first-order valence-corrected chi connectivity index (χ1v) is 8.92. The zero-order valence-corrected chi connectivity index (χ0v) is 13.7. The summed E-state index contributed by atoms with van der Waals surface area (Å²) in [4.78, 5) is 1.58. The number of likely N-dealkylation sites (tertiary alicyclic amines) is 1. The molecule has 1 saturated carbocycles. The lowest BCUT2D eigenvalue weighted by atomic mass is 9.78. The molecule has 0 radical (unpaired) electrons. The van der Waals surface area contributed by atoms with Gasteiger partial charge in [0, 0.05) is 5.92 Å². The molecule has 1 aromatic rings. The molecule has 0 spiro atoms. The monoisotopic (exact) mass is 315 g/mol. The molecule has 2 aliphatic rings. The molecule has 1 heterocycles. The standard InChI is InChI=1S/C19H26N2O2/c20-12-15-7-9-18(10-8-15)23-14-17(22)13-21-11-3-5-16-4-1-2-6-19(16)21/h7-10,16-17,19,22H,1-6,11,13-14H2/p+1/t16-,17-,19+/m1/s1. The van der Waals surface area contributed by atoms with E-state index in [9.17, 15) is 5.11 Å². The summed E-state index contributed by atoms with van der Waals surface area (Å²) in [7, 11) is 0. The lowest BCUT2D eigenvalue weighted by Gasteiger charge is -2.41. The Morgan fingerprint density at radius 2 is 1.91 bits per heavy atom. The van der Waals surface area contributed by atoms with Gasteiger partial charge in [0.05, 0.1) is 24.2 Å². The Balaban J connectivity index is 1.48. The van der Waals surface area contributed by atoms with E-state index < -0.39 is 6.10 Å². The van der Waals surface area contributed by atoms with Crippen molar-refractivity contribution < 1.29 is 14.7 Å². The smallest absolute Gasteiger partial charge is 0.137 e. The first-order valence-electron chi connectivity index (χ1n) is 8.92. The van der Waals surface area contributed by atoms with Crippen molar-refractivity contribution >= 4 is 0 Å². The Labute approximate surface area is 138 Å². The van der Waals surface area contributed by atoms with E-state index in [0.29, 0.717) is 17.9 Å². The molecule has 1 saturated heterocycles. The number of benzene rings is 1. The Morgan fingerprint density at radius 3 is 2.70 bits per heavy atom. The second kappa shape index (κ2) is 7.81. The van der Waals surface area contributed by atoms with Gasteiger partial charge in [-0.2, -0.15) is 5.26 Å². The van der Waals surface area contributed by atoms with Gasteiger partial charge in [-0.05, 0) is 56.4 Å². The summed E-state index contributed by atoms with van der Waals surface area (Å²) in [5.74, 6) is 1.59. The first-order chi connectivity index (χ1) is 11.3. The lowest BCUT2D eigenvalue weighted by Crippen LogP contribution is -3.18. The Morgan fingerprint density at radius 1 is 1.17 bits per heavy atom. The molecule has 2 N–H and O–H groups in total. The van der Waals surface area contributed by atoms with E-state index in [-0.39, 0.29) is 0 Å². The summed E-state index contributed by atoms with van der Waals surface area (Å²) in [6.07, 6.45) is 7.68. The number of ether oxygens (including phenoxy) is 1. The minimum atomic E-state index is -0.429. The number of aliphatic hydroxyl groups excluding tert-OH is 1. The van der Waals surface area contributed by atoms with Crippen molar-refractivity contribution in [3.63, 3.8) is 0 Å². The van der Waals surface area contributed by atoms with Crippen LogP contribution in [0.3, 0.4) is 0 Å². The van der Waals surface area contributed by atoms with Gasteiger partial charge < -0.3 is 14.7 Å². The maximum atomic E-state index is 10.4. The van der Waals surface area contributed by atoms with E-state index >= 15 is 0 Å². The van der Waals surface area contributed by atoms with Crippen LogP contribution in [-0.4, -0.2) is 36.9 Å². The average molecular weight is 315 g/mol. The minimum Gasteiger partial charge on any atom is -0.491 e. The summed E-state index contributed by atoms with van der Waals surface area (Å²) < 4.78 is 5.67. The maximum absolute atomic E-state index is 10.4. The van der Waals surface area contributed by atoms with Crippen LogP contribution in [0.2, 0.25) is 0 Å². The molecule has 124 valence electrons. The number of nitrogens with zero attached hydrogens (tertiary/aromatic N) is 1. The predicted molar refractivity (Wildman–Crippen MR) is 88.3 cm³/mol. The number of aliphatic hydroxyl groups is 1. The third kappa shape index (κ3) is 4.25. The van der Waals surface area contributed by atoms with Crippen LogP contribution in [-0.2, 0) is 0 Å². The molecule has 0 amide bonds. The molecular weight excluding hydrogens is 288 g/mol. The highest BCUT2D eigenvalue weighted by atomic mass is 16.5. The van der Waals surface area contributed by atoms with Gasteiger partial charge in [-0.3, -0.25) is 0 Å². The van der Waals surface area contributed by atoms with Crippen LogP contribution >= 0.6 is 0 Å². The molecule has 1 aliphatic heterocycles. The lowest BCUT2D eigenvalue weighted by molar-refractivity contribution is -0.939. The number of hydrogen-bond acceptors (Lipinski definition) is 3. The van der Waals surface area contributed by atoms with Gasteiger partial charge in [-0.25, -0.2) is 0 Å². The van der Waals surface area contributed by atoms with Crippen LogP contribution in [0.1, 0.15) is 44.1 Å². The highest BCUT2D eigenvalue weighted by molar-refractivity contribution is 5.34. The van der Waals surface area contributed by atoms with Gasteiger partial charge in [-0.15, -0.1) is 0 Å². The zero-order chi connectivity index (χ0) is 16.1. The van der Waals surface area contributed by atoms with Gasteiger partial charge in [0.2, 0.25) is 0 Å². The summed E-state index contributed by atoms with van der Waals surface area (Å²) in [6, 6.07) is 9.90. The third-order valence-electron chi connectivity index (χ3n) is 5.43. The Kier molecular flexibility index (Phi) is 5.53. The topological polar surface area (TPSA) is 57.7 Å². The van der Waals surface area contributed by atoms with Crippen LogP contribution < -0.4 is 9.64 Å². The zero-order valence-electron chi connectivity index (χ0n) is 13.7. The SMILES string of the molecule is N#Cc1ccc(OC[C@H](O)C[NH+]2CCC[C@H]3CCCC[C@@H]32)cc1. The molecule has 4 atom stereocenters. The van der Waals surface area contributed by atoms with Crippen molar-refractivity contribution in [3.8, 4) is 11.8 Å². The normalized spacial score (nSPS) is 28.4. The highest BCUT2D eigenvalue weighted by Crippen LogP contribution is 2.28. The number of rotatable bonds is 5. The average Bonchev–Trinajstić information content (AvgIpc) is 2.61. The number of piperidine rings is 1. The van der Waals surface area contributed by atoms with E-state index in [1.165, 1.54) is 45.1 Å². The van der Waals surface area contributed by atoms with Gasteiger partial charge in [0.25, 0.3) is 0 Å². The van der Waals surface area contributed by atoms with Gasteiger partial charge in [0.1, 0.15) is 25.0 Å². The predicted octanol–water partition coefficient (Wildman–Crippen LogP) is 1.54. The van der Waals surface area contributed by atoms with Crippen molar-refractivity contribution in [2.45, 2.75) is 50.7 Å². The molecule has 0 aromatic heterocycles. The van der Waals surface area contributed by atoms with E-state index in [0.717, 1.165) is 18.5 Å². The van der Waals surface area contributed by atoms with E-state index in [4.69, 9.17) is 10.00 Å². The number of nitriles is 1. The number of hydrogen-bond donors (Lipinski definition) is 2. The van der Waals surface area contributed by atoms with Crippen molar-refractivity contribution in [1.82, 2.24) is 0 Å². The summed E-state index contributed by atoms with van der Waals surface area (Å²) in [6.45, 7) is 2.30. The largest absolute Gasteiger partial charge is 0.491 e. The molecule has 1 aromatic carbocycles. The fourth-order valence-electron chi connectivity index (χ4n) is 4.30. The number of nitrogens with one attached hydrogen (secondary N) is 1. The molecule has 4 heteroatoms. The second-order valence-corrected chi connectivity index (χ2v) is 7.01. The van der Waals surface area contributed by atoms with Gasteiger partial charge >= 0.3 is 0 Å². The van der Waals surface area contributed by atoms with E-state index in [1.54, 1.807) is 29.2 Å².